The quantitative estimate of drug-likeness (QED) is 0.407. The predicted octanol–water partition coefficient (Wildman–Crippen LogP) is 4.27. The maximum absolute atomic E-state index is 2.27. The van der Waals surface area contributed by atoms with E-state index < -0.39 is 0 Å². The molecule has 2 radical (unpaired) electrons. The monoisotopic (exact) mass is 416 g/mol. The molecule has 126 valence electrons. The van der Waals surface area contributed by atoms with Crippen LogP contribution in [0.4, 0.5) is 0 Å². The Morgan fingerprint density at radius 1 is 0.300 bits per heavy atom. The summed E-state index contributed by atoms with van der Waals surface area (Å²) in [5.74, 6) is 0. The van der Waals surface area contributed by atoms with Gasteiger partial charge in [-0.3, -0.25) is 0 Å². The third kappa shape index (κ3) is 20.9. The van der Waals surface area contributed by atoms with E-state index in [1.807, 2.05) is 0 Å². The third-order valence-corrected chi connectivity index (χ3v) is 2.67. The van der Waals surface area contributed by atoms with Crippen molar-refractivity contribution in [2.24, 2.45) is 0 Å². The molecule has 0 atom stereocenters. The van der Waals surface area contributed by atoms with Gasteiger partial charge in [-0.2, -0.15) is 0 Å². The molecule has 0 spiro atoms. The fourth-order valence-electron chi connectivity index (χ4n) is 1.71. The van der Waals surface area contributed by atoms with Crippen LogP contribution in [0.5, 0.6) is 0 Å². The van der Waals surface area contributed by atoms with Crippen molar-refractivity contribution in [1.82, 2.24) is 0 Å². The molecule has 4 heteroatoms. The van der Waals surface area contributed by atoms with E-state index in [-0.39, 0.29) is 59.0 Å². The Balaban J connectivity index is -0.000000107. The number of allylic oxidation sites excluding steroid dienone is 8. The Kier molecular flexibility index (Phi) is 35.3. The van der Waals surface area contributed by atoms with E-state index in [2.05, 4.69) is 48.6 Å². The zero-order valence-corrected chi connectivity index (χ0v) is 15.4. The zero-order chi connectivity index (χ0) is 11.3. The first-order valence-corrected chi connectivity index (χ1v) is 6.60. The summed E-state index contributed by atoms with van der Waals surface area (Å²) in [5.41, 5.74) is 0. The van der Waals surface area contributed by atoms with Crippen molar-refractivity contribution < 1.29 is 59.0 Å². The molecule has 0 unspecified atom stereocenters. The van der Waals surface area contributed by atoms with Crippen LogP contribution >= 0.6 is 0 Å². The normalized spacial score (nSPS) is 22.4. The maximum atomic E-state index is 2.27. The molecule has 2 aliphatic carbocycles. The van der Waals surface area contributed by atoms with Crippen LogP contribution in [0.15, 0.2) is 48.6 Å². The topological polar surface area (TPSA) is 0 Å². The van der Waals surface area contributed by atoms with Crippen molar-refractivity contribution in [3.63, 3.8) is 0 Å². The SMILES string of the molecule is C1=C\CC/C=C\CC/1.C1=C\CC/C=C\CC/1.[ClH2+].[ClH2+].[Cu].[Cu]. The van der Waals surface area contributed by atoms with Gasteiger partial charge in [-0.15, -0.1) is 0 Å². The number of hydrogen-bond donors (Lipinski definition) is 0. The van der Waals surface area contributed by atoms with Crippen molar-refractivity contribution in [3.05, 3.63) is 48.6 Å². The Morgan fingerprint density at radius 2 is 0.400 bits per heavy atom. The molecular formula is C16H28Cl2Cu2+2. The summed E-state index contributed by atoms with van der Waals surface area (Å²) in [7, 11) is 0. The van der Waals surface area contributed by atoms with E-state index in [0.717, 1.165) is 0 Å². The standard InChI is InChI=1S/2C8H12.2ClH2.2Cu/c2*1-2-4-6-8-7-5-3-1;;;;/h2*1-2,7-8H,3-6H2;2*1H2;;/q;;2*+1;;/b2*2-1-,8-7-;;;;. The Bertz CT molecular complexity index is 192. The molecule has 0 aromatic rings. The van der Waals surface area contributed by atoms with Gasteiger partial charge >= 0.3 is 0 Å². The Labute approximate surface area is 158 Å². The van der Waals surface area contributed by atoms with E-state index in [1.54, 1.807) is 0 Å². The summed E-state index contributed by atoms with van der Waals surface area (Å²) in [6, 6.07) is 0. The summed E-state index contributed by atoms with van der Waals surface area (Å²) in [5, 5.41) is 0. The summed E-state index contributed by atoms with van der Waals surface area (Å²) in [6.45, 7) is 0. The second-order valence-electron chi connectivity index (χ2n) is 4.20. The minimum Gasteiger partial charge on any atom is -0.0882 e. The first-order chi connectivity index (χ1) is 8.00. The average Bonchev–Trinajstić information content (AvgIpc) is 2.15. The van der Waals surface area contributed by atoms with Crippen LogP contribution < -0.4 is 0 Å². The Morgan fingerprint density at radius 3 is 0.500 bits per heavy atom. The second-order valence-corrected chi connectivity index (χ2v) is 4.20. The summed E-state index contributed by atoms with van der Waals surface area (Å²) in [6.07, 6.45) is 28.0. The molecule has 20 heavy (non-hydrogen) atoms. The van der Waals surface area contributed by atoms with E-state index in [4.69, 9.17) is 0 Å². The van der Waals surface area contributed by atoms with Crippen molar-refractivity contribution in [1.29, 1.82) is 0 Å². The fourth-order valence-corrected chi connectivity index (χ4v) is 1.71. The fraction of sp³-hybridized carbons (Fsp3) is 0.500. The summed E-state index contributed by atoms with van der Waals surface area (Å²) >= 11 is 0. The second kappa shape index (κ2) is 24.6. The van der Waals surface area contributed by atoms with Crippen molar-refractivity contribution in [2.45, 2.75) is 51.4 Å². The molecule has 0 saturated heterocycles. The molecule has 0 bridgehead atoms. The molecule has 0 N–H and O–H groups in total. The first-order valence-electron chi connectivity index (χ1n) is 6.60. The van der Waals surface area contributed by atoms with Crippen LogP contribution in [-0.4, -0.2) is 0 Å². The van der Waals surface area contributed by atoms with Gasteiger partial charge in [-0.25, -0.2) is 0 Å². The van der Waals surface area contributed by atoms with Gasteiger partial charge in [0.25, 0.3) is 0 Å². The molecule has 0 fully saturated rings. The van der Waals surface area contributed by atoms with Gasteiger partial charge in [0.05, 0.1) is 24.8 Å². The molecular weight excluding hydrogens is 390 g/mol. The zero-order valence-electron chi connectivity index (χ0n) is 11.8. The number of halogens is 2. The van der Waals surface area contributed by atoms with Crippen molar-refractivity contribution in [3.8, 4) is 0 Å². The largest absolute Gasteiger partial charge is 0.0903 e. The minimum atomic E-state index is 0. The van der Waals surface area contributed by atoms with Crippen LogP contribution in [0.25, 0.3) is 0 Å². The molecule has 0 aromatic carbocycles. The van der Waals surface area contributed by atoms with Gasteiger partial charge in [0, 0.05) is 34.1 Å². The van der Waals surface area contributed by atoms with Crippen molar-refractivity contribution >= 4 is 0 Å². The molecule has 0 aromatic heterocycles. The van der Waals surface area contributed by atoms with Gasteiger partial charge in [-0.05, 0) is 51.4 Å². The average molecular weight is 418 g/mol. The number of rotatable bonds is 0. The summed E-state index contributed by atoms with van der Waals surface area (Å²) < 4.78 is 0. The van der Waals surface area contributed by atoms with Gasteiger partial charge in [-0.1, -0.05) is 48.6 Å². The first kappa shape index (κ1) is 28.7. The van der Waals surface area contributed by atoms with Crippen LogP contribution in [-0.2, 0) is 34.1 Å². The van der Waals surface area contributed by atoms with E-state index in [1.165, 1.54) is 51.4 Å². The molecule has 2 rings (SSSR count). The van der Waals surface area contributed by atoms with Gasteiger partial charge < -0.3 is 0 Å². The molecule has 0 heterocycles. The summed E-state index contributed by atoms with van der Waals surface area (Å²) in [4.78, 5) is 0. The van der Waals surface area contributed by atoms with Crippen LogP contribution in [0, 0.1) is 24.8 Å². The van der Waals surface area contributed by atoms with Gasteiger partial charge in [0.15, 0.2) is 0 Å². The predicted molar refractivity (Wildman–Crippen MR) is 79.1 cm³/mol. The minimum absolute atomic E-state index is 0. The maximum Gasteiger partial charge on any atom is 0.0903 e. The van der Waals surface area contributed by atoms with Crippen molar-refractivity contribution in [2.75, 3.05) is 0 Å². The van der Waals surface area contributed by atoms with Crippen LogP contribution in [0.2, 0.25) is 0 Å². The molecule has 0 nitrogen and oxygen atoms in total. The van der Waals surface area contributed by atoms with Crippen LogP contribution in [0.1, 0.15) is 51.4 Å². The molecule has 0 saturated carbocycles. The Hall–Kier alpha value is 0.579. The van der Waals surface area contributed by atoms with Crippen LogP contribution in [0.3, 0.4) is 0 Å². The molecule has 2 aliphatic rings. The molecule has 0 amide bonds. The van der Waals surface area contributed by atoms with E-state index >= 15 is 0 Å². The molecule has 0 aliphatic heterocycles. The van der Waals surface area contributed by atoms with E-state index in [9.17, 15) is 0 Å². The smallest absolute Gasteiger partial charge is 0.0882 e. The van der Waals surface area contributed by atoms with Gasteiger partial charge in [0.1, 0.15) is 0 Å². The van der Waals surface area contributed by atoms with Gasteiger partial charge in [0.2, 0.25) is 0 Å². The number of hydrogen-bond acceptors (Lipinski definition) is 0. The van der Waals surface area contributed by atoms with E-state index in [0.29, 0.717) is 0 Å². The third-order valence-electron chi connectivity index (χ3n) is 2.67.